The molecule has 12 heteroatoms. The molecule has 5 aromatic rings. The van der Waals surface area contributed by atoms with Crippen LogP contribution in [-0.2, 0) is 47.4 Å². The van der Waals surface area contributed by atoms with Gasteiger partial charge in [0.05, 0.1) is 49.9 Å². The minimum Gasteiger partial charge on any atom is -0.493 e. The molecule has 0 atom stereocenters. The lowest BCUT2D eigenvalue weighted by atomic mass is 9.97. The summed E-state index contributed by atoms with van der Waals surface area (Å²) in [5.74, 6) is 0.417. The number of fused-ring (bicyclic) bond motifs is 2. The Bertz CT molecular complexity index is 2100. The van der Waals surface area contributed by atoms with E-state index in [1.807, 2.05) is 71.1 Å². The Morgan fingerprint density at radius 2 is 1.71 bits per heavy atom. The highest BCUT2D eigenvalue weighted by Gasteiger charge is 2.29. The Labute approximate surface area is 323 Å². The highest BCUT2D eigenvalue weighted by molar-refractivity contribution is 6.05. The predicted molar refractivity (Wildman–Crippen MR) is 213 cm³/mol. The molecule has 1 amide bonds. The maximum atomic E-state index is 14.1. The molecule has 0 aliphatic carbocycles. The first-order chi connectivity index (χ1) is 26.5. The number of aliphatic hydroxyl groups excluding tert-OH is 1. The second-order valence-electron chi connectivity index (χ2n) is 15.0. The number of carbonyl (C=O) groups excluding carboxylic acids is 2. The largest absolute Gasteiger partial charge is 0.493 e. The molecule has 1 aliphatic rings. The van der Waals surface area contributed by atoms with Crippen LogP contribution in [0, 0.1) is 0 Å². The zero-order chi connectivity index (χ0) is 39.1. The number of benzene rings is 3. The van der Waals surface area contributed by atoms with Gasteiger partial charge >= 0.3 is 12.1 Å². The average Bonchev–Trinajstić information content (AvgIpc) is 3.65. The summed E-state index contributed by atoms with van der Waals surface area (Å²) in [7, 11) is 3.58. The van der Waals surface area contributed by atoms with Crippen molar-refractivity contribution in [1.82, 2.24) is 24.1 Å². The van der Waals surface area contributed by atoms with Gasteiger partial charge in [0.15, 0.2) is 0 Å². The van der Waals surface area contributed by atoms with Crippen molar-refractivity contribution < 1.29 is 33.6 Å². The van der Waals surface area contributed by atoms with E-state index in [1.54, 1.807) is 16.6 Å². The molecule has 3 heterocycles. The van der Waals surface area contributed by atoms with Crippen molar-refractivity contribution in [3.05, 3.63) is 83.3 Å². The summed E-state index contributed by atoms with van der Waals surface area (Å²) in [6.45, 7) is 12.1. The molecule has 0 radical (unpaired) electrons. The molecule has 12 nitrogen and oxygen atoms in total. The number of aliphatic hydroxyl groups is 1. The third-order valence-corrected chi connectivity index (χ3v) is 9.95. The maximum absolute atomic E-state index is 14.1. The molecule has 3 aromatic carbocycles. The van der Waals surface area contributed by atoms with Crippen LogP contribution < -0.4 is 4.74 Å². The highest BCUT2D eigenvalue weighted by Crippen LogP contribution is 2.39. The van der Waals surface area contributed by atoms with E-state index in [9.17, 15) is 14.7 Å². The number of morpholine rings is 1. The van der Waals surface area contributed by atoms with Gasteiger partial charge in [-0.2, -0.15) is 5.10 Å². The van der Waals surface area contributed by atoms with Gasteiger partial charge in [0.2, 0.25) is 0 Å². The van der Waals surface area contributed by atoms with E-state index in [0.29, 0.717) is 70.1 Å². The number of amides is 1. The van der Waals surface area contributed by atoms with Crippen LogP contribution in [0.1, 0.15) is 68.0 Å². The number of rotatable bonds is 15. The molecular weight excluding hydrogens is 699 g/mol. The van der Waals surface area contributed by atoms with Gasteiger partial charge in [-0.05, 0) is 64.0 Å². The second kappa shape index (κ2) is 17.7. The third kappa shape index (κ3) is 9.15. The van der Waals surface area contributed by atoms with Crippen molar-refractivity contribution in [2.45, 2.75) is 72.3 Å². The number of hydrogen-bond acceptors (Lipinski definition) is 9. The van der Waals surface area contributed by atoms with Gasteiger partial charge in [0.1, 0.15) is 17.0 Å². The summed E-state index contributed by atoms with van der Waals surface area (Å²) in [4.78, 5) is 30.8. The Morgan fingerprint density at radius 3 is 2.45 bits per heavy atom. The van der Waals surface area contributed by atoms with E-state index in [0.717, 1.165) is 62.9 Å². The molecule has 0 saturated carbocycles. The average molecular weight is 754 g/mol. The van der Waals surface area contributed by atoms with Crippen molar-refractivity contribution in [3.63, 3.8) is 0 Å². The molecule has 0 unspecified atom stereocenters. The maximum Gasteiger partial charge on any atom is 0.410 e. The first-order valence-corrected chi connectivity index (χ1v) is 19.3. The Kier molecular flexibility index (Phi) is 12.8. The number of ether oxygens (including phenoxy) is 4. The third-order valence-electron chi connectivity index (χ3n) is 9.95. The Balaban J connectivity index is 1.42. The summed E-state index contributed by atoms with van der Waals surface area (Å²) in [6, 6.07) is 20.3. The molecule has 6 rings (SSSR count). The number of hydrogen-bond donors (Lipinski definition) is 1. The van der Waals surface area contributed by atoms with Crippen LogP contribution in [-0.4, -0.2) is 100 Å². The molecule has 0 spiro atoms. The van der Waals surface area contributed by atoms with Gasteiger partial charge in [0.25, 0.3) is 0 Å². The minimum atomic E-state index is -0.618. The van der Waals surface area contributed by atoms with Gasteiger partial charge in [-0.1, -0.05) is 54.6 Å². The van der Waals surface area contributed by atoms with Crippen molar-refractivity contribution in [1.29, 1.82) is 0 Å². The number of esters is 1. The second-order valence-corrected chi connectivity index (χ2v) is 15.0. The van der Waals surface area contributed by atoms with Gasteiger partial charge in [0, 0.05) is 68.7 Å². The standard InChI is InChI=1S/C43H55N5O7/c1-7-53-41(50)40-33(19-12-25-54-37-20-10-15-30-14-8-9-16-31(30)37)32-17-11-18-34(39(32)48(40)22-13-21-45(5)42(51)55-43(2,3)4)38-35(44-46(6)36(38)29-49)28-47-23-26-52-27-24-47/h8-11,14-18,20,49H,7,12-13,19,21-29H2,1-6H3. The monoisotopic (exact) mass is 753 g/mol. The van der Waals surface area contributed by atoms with Crippen LogP contribution in [0.3, 0.4) is 0 Å². The molecule has 1 N–H and O–H groups in total. The normalized spacial score (nSPS) is 13.7. The van der Waals surface area contributed by atoms with Crippen molar-refractivity contribution >= 4 is 33.7 Å². The number of aryl methyl sites for hydroxylation is 3. The van der Waals surface area contributed by atoms with Crippen LogP contribution in [0.25, 0.3) is 32.8 Å². The van der Waals surface area contributed by atoms with Crippen LogP contribution in [0.2, 0.25) is 0 Å². The Hall–Kier alpha value is -4.91. The predicted octanol–water partition coefficient (Wildman–Crippen LogP) is 6.96. The van der Waals surface area contributed by atoms with Crippen LogP contribution in [0.15, 0.2) is 60.7 Å². The molecule has 1 fully saturated rings. The van der Waals surface area contributed by atoms with E-state index >= 15 is 0 Å². The van der Waals surface area contributed by atoms with Crippen molar-refractivity contribution in [3.8, 4) is 16.9 Å². The number of aromatic nitrogens is 3. The quantitative estimate of drug-likeness (QED) is 0.0894. The van der Waals surface area contributed by atoms with Crippen molar-refractivity contribution in [2.75, 3.05) is 53.1 Å². The van der Waals surface area contributed by atoms with Crippen LogP contribution in [0.4, 0.5) is 4.79 Å². The number of para-hydroxylation sites is 1. The zero-order valence-electron chi connectivity index (χ0n) is 33.1. The van der Waals surface area contributed by atoms with Crippen LogP contribution in [0.5, 0.6) is 5.75 Å². The lowest BCUT2D eigenvalue weighted by molar-refractivity contribution is 0.0294. The van der Waals surface area contributed by atoms with Crippen LogP contribution >= 0.6 is 0 Å². The first kappa shape index (κ1) is 39.8. The summed E-state index contributed by atoms with van der Waals surface area (Å²) >= 11 is 0. The minimum absolute atomic E-state index is 0.206. The van der Waals surface area contributed by atoms with E-state index < -0.39 is 17.7 Å². The van der Waals surface area contributed by atoms with E-state index in [-0.39, 0.29) is 13.2 Å². The molecule has 55 heavy (non-hydrogen) atoms. The summed E-state index contributed by atoms with van der Waals surface area (Å²) in [5, 5.41) is 18.8. The zero-order valence-corrected chi connectivity index (χ0v) is 33.1. The fraction of sp³-hybridized carbons (Fsp3) is 0.465. The lowest BCUT2D eigenvalue weighted by Crippen LogP contribution is -2.35. The Morgan fingerprint density at radius 1 is 0.982 bits per heavy atom. The highest BCUT2D eigenvalue weighted by atomic mass is 16.6. The van der Waals surface area contributed by atoms with E-state index in [2.05, 4.69) is 33.7 Å². The smallest absolute Gasteiger partial charge is 0.410 e. The molecule has 2 aromatic heterocycles. The molecular formula is C43H55N5O7. The van der Waals surface area contributed by atoms with Gasteiger partial charge < -0.3 is 33.5 Å². The van der Waals surface area contributed by atoms with Gasteiger partial charge in [-0.3, -0.25) is 9.58 Å². The van der Waals surface area contributed by atoms with Gasteiger partial charge in [-0.25, -0.2) is 9.59 Å². The molecule has 294 valence electrons. The van der Waals surface area contributed by atoms with Crippen molar-refractivity contribution in [2.24, 2.45) is 7.05 Å². The first-order valence-electron chi connectivity index (χ1n) is 19.3. The van der Waals surface area contributed by atoms with E-state index in [4.69, 9.17) is 24.0 Å². The summed E-state index contributed by atoms with van der Waals surface area (Å²) < 4.78 is 27.1. The van der Waals surface area contributed by atoms with Gasteiger partial charge in [-0.15, -0.1) is 0 Å². The fourth-order valence-electron chi connectivity index (χ4n) is 7.43. The topological polar surface area (TPSA) is 121 Å². The number of nitrogens with zero attached hydrogens (tertiary/aromatic N) is 5. The summed E-state index contributed by atoms with van der Waals surface area (Å²) in [5.41, 5.74) is 4.88. The molecule has 0 bridgehead atoms. The number of carbonyl (C=O) groups is 2. The SMILES string of the molecule is CCOC(=O)c1c(CCCOc2cccc3ccccc23)c2cccc(-c3c(CN4CCOCC4)nn(C)c3CO)c2n1CCCN(C)C(=O)OC(C)(C)C. The van der Waals surface area contributed by atoms with E-state index in [1.165, 1.54) is 0 Å². The molecule has 1 saturated heterocycles. The lowest BCUT2D eigenvalue weighted by Gasteiger charge is -2.26. The molecule has 1 aliphatic heterocycles. The summed E-state index contributed by atoms with van der Waals surface area (Å²) in [6.07, 6.45) is 1.35. The fourth-order valence-corrected chi connectivity index (χ4v) is 7.43.